The summed E-state index contributed by atoms with van der Waals surface area (Å²) in [6.45, 7) is 3.00. The standard InChI is InChI=1S/C16H16BrN3O2/c1-16(5-2-6-22-14(16)17)9-3-4-11-10(7-9)13-12(8-18-11)19-15(21)20-13/h3-4,7-8,14H,2,5-6H2,1H3,(H2,19,20,21)/t14?,16-/m1/s1. The lowest BCUT2D eigenvalue weighted by Gasteiger charge is -2.38. The number of hydrogen-bond donors (Lipinski definition) is 2. The number of halogens is 1. The number of nitrogens with one attached hydrogen (secondary N) is 2. The molecule has 1 fully saturated rings. The van der Waals surface area contributed by atoms with Gasteiger partial charge in [0, 0.05) is 17.4 Å². The molecule has 114 valence electrons. The van der Waals surface area contributed by atoms with Crippen LogP contribution >= 0.6 is 15.9 Å². The Bertz CT molecular complexity index is 917. The Balaban J connectivity index is 1.96. The second-order valence-electron chi connectivity index (χ2n) is 6.07. The average Bonchev–Trinajstić information content (AvgIpc) is 2.90. The van der Waals surface area contributed by atoms with E-state index in [-0.39, 0.29) is 16.1 Å². The van der Waals surface area contributed by atoms with E-state index in [9.17, 15) is 4.79 Å². The SMILES string of the molecule is C[C@]1(c2ccc3ncc4[nH]c(=O)[nH]c4c3c2)CCCOC1Br. The van der Waals surface area contributed by atoms with Crippen LogP contribution in [0.15, 0.2) is 29.2 Å². The van der Waals surface area contributed by atoms with E-state index in [2.05, 4.69) is 49.9 Å². The Labute approximate surface area is 135 Å². The van der Waals surface area contributed by atoms with E-state index in [0.29, 0.717) is 0 Å². The minimum atomic E-state index is -0.208. The normalized spacial score (nSPS) is 25.8. The highest BCUT2D eigenvalue weighted by Gasteiger charge is 2.37. The van der Waals surface area contributed by atoms with Crippen molar-refractivity contribution in [2.45, 2.75) is 30.2 Å². The molecule has 2 N–H and O–H groups in total. The minimum absolute atomic E-state index is 0.0105. The molecule has 0 radical (unpaired) electrons. The van der Waals surface area contributed by atoms with Crippen LogP contribution in [0, 0.1) is 0 Å². The molecule has 2 atom stereocenters. The van der Waals surface area contributed by atoms with Crippen LogP contribution in [0.5, 0.6) is 0 Å². The Hall–Kier alpha value is -1.66. The third-order valence-electron chi connectivity index (χ3n) is 4.62. The molecule has 2 aromatic heterocycles. The molecule has 0 bridgehead atoms. The van der Waals surface area contributed by atoms with E-state index in [1.807, 2.05) is 6.07 Å². The zero-order valence-corrected chi connectivity index (χ0v) is 13.7. The predicted octanol–water partition coefficient (Wildman–Crippen LogP) is 3.19. The first kappa shape index (κ1) is 14.0. The van der Waals surface area contributed by atoms with Crippen molar-refractivity contribution in [1.29, 1.82) is 0 Å². The van der Waals surface area contributed by atoms with Crippen LogP contribution in [0.4, 0.5) is 0 Å². The third kappa shape index (κ3) is 2.01. The fourth-order valence-electron chi connectivity index (χ4n) is 3.24. The molecule has 1 saturated heterocycles. The molecule has 5 nitrogen and oxygen atoms in total. The lowest BCUT2D eigenvalue weighted by atomic mass is 9.77. The highest BCUT2D eigenvalue weighted by atomic mass is 79.9. The molecule has 3 heterocycles. The van der Waals surface area contributed by atoms with E-state index in [0.717, 1.165) is 41.4 Å². The first-order valence-electron chi connectivity index (χ1n) is 7.35. The van der Waals surface area contributed by atoms with Crippen LogP contribution in [-0.4, -0.2) is 26.6 Å². The summed E-state index contributed by atoms with van der Waals surface area (Å²) in [4.78, 5) is 21.6. The topological polar surface area (TPSA) is 70.8 Å². The molecule has 0 saturated carbocycles. The number of pyridine rings is 1. The fraction of sp³-hybridized carbons (Fsp3) is 0.375. The van der Waals surface area contributed by atoms with Crippen molar-refractivity contribution >= 4 is 37.9 Å². The Morgan fingerprint density at radius 2 is 2.27 bits per heavy atom. The molecule has 3 aromatic rings. The maximum absolute atomic E-state index is 11.6. The number of aromatic nitrogens is 3. The van der Waals surface area contributed by atoms with Crippen molar-refractivity contribution in [2.24, 2.45) is 0 Å². The van der Waals surface area contributed by atoms with E-state index in [4.69, 9.17) is 4.74 Å². The summed E-state index contributed by atoms with van der Waals surface area (Å²) in [7, 11) is 0. The van der Waals surface area contributed by atoms with Crippen LogP contribution in [0.3, 0.4) is 0 Å². The average molecular weight is 362 g/mol. The molecule has 6 heteroatoms. The van der Waals surface area contributed by atoms with E-state index < -0.39 is 0 Å². The van der Waals surface area contributed by atoms with E-state index in [1.54, 1.807) is 6.20 Å². The van der Waals surface area contributed by atoms with Gasteiger partial charge in [-0.15, -0.1) is 0 Å². The van der Waals surface area contributed by atoms with Crippen LogP contribution in [0.1, 0.15) is 25.3 Å². The zero-order valence-electron chi connectivity index (χ0n) is 12.1. The van der Waals surface area contributed by atoms with Gasteiger partial charge in [0.25, 0.3) is 0 Å². The highest BCUT2D eigenvalue weighted by Crippen LogP contribution is 2.41. The van der Waals surface area contributed by atoms with E-state index in [1.165, 1.54) is 5.56 Å². The predicted molar refractivity (Wildman–Crippen MR) is 89.5 cm³/mol. The van der Waals surface area contributed by atoms with Crippen molar-refractivity contribution in [3.63, 3.8) is 0 Å². The Morgan fingerprint density at radius 1 is 1.41 bits per heavy atom. The number of nitrogens with zero attached hydrogens (tertiary/aromatic N) is 1. The number of ether oxygens (including phenoxy) is 1. The summed E-state index contributed by atoms with van der Waals surface area (Å²) in [5.74, 6) is 0. The molecule has 22 heavy (non-hydrogen) atoms. The van der Waals surface area contributed by atoms with Gasteiger partial charge in [-0.25, -0.2) is 4.79 Å². The summed E-state index contributed by atoms with van der Waals surface area (Å²) in [6.07, 6.45) is 3.79. The monoisotopic (exact) mass is 361 g/mol. The number of fused-ring (bicyclic) bond motifs is 3. The van der Waals surface area contributed by atoms with Gasteiger partial charge in [0.05, 0.1) is 22.7 Å². The number of alkyl halides is 1. The second-order valence-corrected chi connectivity index (χ2v) is 6.90. The van der Waals surface area contributed by atoms with Gasteiger partial charge in [0.1, 0.15) is 5.01 Å². The summed E-state index contributed by atoms with van der Waals surface area (Å²) in [5, 5.41) is 0.948. The molecule has 0 amide bonds. The maximum Gasteiger partial charge on any atom is 0.323 e. The molecule has 1 unspecified atom stereocenters. The number of aromatic amines is 2. The molecular weight excluding hydrogens is 346 g/mol. The lowest BCUT2D eigenvalue weighted by Crippen LogP contribution is -2.38. The number of imidazole rings is 1. The van der Waals surface area contributed by atoms with Crippen LogP contribution in [0.25, 0.3) is 21.9 Å². The Kier molecular flexibility index (Phi) is 3.13. The van der Waals surface area contributed by atoms with Crippen molar-refractivity contribution < 1.29 is 4.74 Å². The summed E-state index contributed by atoms with van der Waals surface area (Å²) in [6, 6.07) is 6.24. The molecule has 4 rings (SSSR count). The smallest absolute Gasteiger partial charge is 0.323 e. The Morgan fingerprint density at radius 3 is 3.09 bits per heavy atom. The van der Waals surface area contributed by atoms with Gasteiger partial charge in [-0.2, -0.15) is 0 Å². The molecular formula is C16H16BrN3O2. The number of rotatable bonds is 1. The molecule has 0 spiro atoms. The van der Waals surface area contributed by atoms with Gasteiger partial charge >= 0.3 is 5.69 Å². The van der Waals surface area contributed by atoms with E-state index >= 15 is 0 Å². The molecule has 0 aliphatic carbocycles. The molecule has 1 aliphatic heterocycles. The summed E-state index contributed by atoms with van der Waals surface area (Å²) < 4.78 is 5.79. The van der Waals surface area contributed by atoms with Crippen molar-refractivity contribution in [3.8, 4) is 0 Å². The first-order chi connectivity index (χ1) is 10.6. The number of hydrogen-bond acceptors (Lipinski definition) is 3. The summed E-state index contributed by atoms with van der Waals surface area (Å²) >= 11 is 3.66. The molecule has 1 aliphatic rings. The molecule has 1 aromatic carbocycles. The highest BCUT2D eigenvalue weighted by molar-refractivity contribution is 9.09. The third-order valence-corrected chi connectivity index (χ3v) is 5.89. The minimum Gasteiger partial charge on any atom is -0.366 e. The maximum atomic E-state index is 11.6. The van der Waals surface area contributed by atoms with Crippen LogP contribution < -0.4 is 5.69 Å². The van der Waals surface area contributed by atoms with Gasteiger partial charge in [-0.3, -0.25) is 4.98 Å². The zero-order chi connectivity index (χ0) is 15.3. The summed E-state index contributed by atoms with van der Waals surface area (Å²) in [5.41, 5.74) is 3.31. The second kappa shape index (κ2) is 4.93. The van der Waals surface area contributed by atoms with Gasteiger partial charge in [-0.1, -0.05) is 28.9 Å². The van der Waals surface area contributed by atoms with Crippen molar-refractivity contribution in [2.75, 3.05) is 6.61 Å². The van der Waals surface area contributed by atoms with Crippen molar-refractivity contribution in [1.82, 2.24) is 15.0 Å². The van der Waals surface area contributed by atoms with Gasteiger partial charge in [-0.05, 0) is 30.5 Å². The fourth-order valence-corrected chi connectivity index (χ4v) is 3.92. The van der Waals surface area contributed by atoms with Crippen molar-refractivity contribution in [3.05, 3.63) is 40.4 Å². The van der Waals surface area contributed by atoms with Gasteiger partial charge in [0.15, 0.2) is 0 Å². The first-order valence-corrected chi connectivity index (χ1v) is 8.26. The quantitative estimate of drug-likeness (QED) is 0.653. The largest absolute Gasteiger partial charge is 0.366 e. The number of H-pyrrole nitrogens is 2. The van der Waals surface area contributed by atoms with Crippen LogP contribution in [0.2, 0.25) is 0 Å². The van der Waals surface area contributed by atoms with Gasteiger partial charge < -0.3 is 14.7 Å². The van der Waals surface area contributed by atoms with Gasteiger partial charge in [0.2, 0.25) is 0 Å². The lowest BCUT2D eigenvalue weighted by molar-refractivity contribution is 0.0217. The number of benzene rings is 1. The van der Waals surface area contributed by atoms with Crippen LogP contribution in [-0.2, 0) is 10.2 Å².